The van der Waals surface area contributed by atoms with E-state index in [0.717, 1.165) is 11.1 Å². The fourth-order valence-corrected chi connectivity index (χ4v) is 2.67. The van der Waals surface area contributed by atoms with Crippen LogP contribution < -0.4 is 9.47 Å². The summed E-state index contributed by atoms with van der Waals surface area (Å²) in [5, 5.41) is 0. The first kappa shape index (κ1) is 17.0. The SMILES string of the molecule is Cc1ccc(C)c(C(=O)[C@H](C)OC(=O)c2ccc3c(c2)OCCO3)c1. The number of Topliss-reactive ketones (excluding diaryl/α,β-unsaturated/α-hetero) is 1. The van der Waals surface area contributed by atoms with Crippen LogP contribution >= 0.6 is 0 Å². The molecule has 0 N–H and O–H groups in total. The van der Waals surface area contributed by atoms with Crippen LogP contribution in [-0.2, 0) is 4.74 Å². The zero-order valence-electron chi connectivity index (χ0n) is 14.5. The molecule has 1 aliphatic rings. The molecule has 130 valence electrons. The normalized spacial score (nSPS) is 13.9. The zero-order valence-corrected chi connectivity index (χ0v) is 14.5. The van der Waals surface area contributed by atoms with Crippen molar-refractivity contribution in [3.05, 3.63) is 58.7 Å². The predicted octanol–water partition coefficient (Wildman–Crippen LogP) is 3.50. The smallest absolute Gasteiger partial charge is 0.338 e. The highest BCUT2D eigenvalue weighted by Crippen LogP contribution is 2.31. The lowest BCUT2D eigenvalue weighted by molar-refractivity contribution is 0.0318. The molecule has 5 nitrogen and oxygen atoms in total. The Kier molecular flexibility index (Phi) is 4.74. The van der Waals surface area contributed by atoms with Crippen molar-refractivity contribution in [3.8, 4) is 11.5 Å². The molecule has 2 aromatic rings. The van der Waals surface area contributed by atoms with Crippen LogP contribution in [-0.4, -0.2) is 31.1 Å². The number of hydrogen-bond acceptors (Lipinski definition) is 5. The standard InChI is InChI=1S/C20H20O5/c1-12-4-5-13(2)16(10-12)19(21)14(3)25-20(22)15-6-7-17-18(11-15)24-9-8-23-17/h4-7,10-11,14H,8-9H2,1-3H3/t14-/m0/s1. The van der Waals surface area contributed by atoms with E-state index in [2.05, 4.69) is 0 Å². The molecule has 5 heteroatoms. The van der Waals surface area contributed by atoms with Crippen molar-refractivity contribution in [3.63, 3.8) is 0 Å². The molecule has 0 aliphatic carbocycles. The number of carbonyl (C=O) groups is 2. The molecule has 0 radical (unpaired) electrons. The molecule has 25 heavy (non-hydrogen) atoms. The van der Waals surface area contributed by atoms with E-state index in [1.54, 1.807) is 25.1 Å². The van der Waals surface area contributed by atoms with E-state index in [1.165, 1.54) is 0 Å². The van der Waals surface area contributed by atoms with E-state index in [-0.39, 0.29) is 5.78 Å². The average Bonchev–Trinajstić information content (AvgIpc) is 2.62. The minimum atomic E-state index is -0.874. The number of hydrogen-bond donors (Lipinski definition) is 0. The zero-order chi connectivity index (χ0) is 18.0. The first-order chi connectivity index (χ1) is 12.0. The summed E-state index contributed by atoms with van der Waals surface area (Å²) in [5.74, 6) is 0.326. The van der Waals surface area contributed by atoms with E-state index in [0.29, 0.717) is 35.8 Å². The maximum Gasteiger partial charge on any atom is 0.338 e. The van der Waals surface area contributed by atoms with Gasteiger partial charge in [-0.05, 0) is 50.6 Å². The molecule has 0 spiro atoms. The van der Waals surface area contributed by atoms with Crippen molar-refractivity contribution in [1.82, 2.24) is 0 Å². The van der Waals surface area contributed by atoms with Crippen molar-refractivity contribution >= 4 is 11.8 Å². The number of ether oxygens (including phenoxy) is 3. The Hall–Kier alpha value is -2.82. The Balaban J connectivity index is 1.74. The van der Waals surface area contributed by atoms with Crippen LogP contribution in [0.2, 0.25) is 0 Å². The van der Waals surface area contributed by atoms with Crippen LogP contribution in [0.3, 0.4) is 0 Å². The van der Waals surface area contributed by atoms with E-state index >= 15 is 0 Å². The Morgan fingerprint density at radius 2 is 1.72 bits per heavy atom. The van der Waals surface area contributed by atoms with Gasteiger partial charge in [0, 0.05) is 5.56 Å². The summed E-state index contributed by atoms with van der Waals surface area (Å²) in [6, 6.07) is 10.5. The molecule has 0 aromatic heterocycles. The maximum absolute atomic E-state index is 12.6. The molecule has 2 aromatic carbocycles. The number of ketones is 1. The second kappa shape index (κ2) is 6.97. The summed E-state index contributed by atoms with van der Waals surface area (Å²) in [6.07, 6.45) is -0.874. The number of benzene rings is 2. The molecule has 1 atom stereocenters. The van der Waals surface area contributed by atoms with Gasteiger partial charge < -0.3 is 14.2 Å². The first-order valence-electron chi connectivity index (χ1n) is 8.18. The van der Waals surface area contributed by atoms with Crippen molar-refractivity contribution < 1.29 is 23.8 Å². The second-order valence-electron chi connectivity index (χ2n) is 6.09. The molecule has 0 unspecified atom stereocenters. The number of fused-ring (bicyclic) bond motifs is 1. The van der Waals surface area contributed by atoms with E-state index in [9.17, 15) is 9.59 Å². The van der Waals surface area contributed by atoms with Gasteiger partial charge in [0.25, 0.3) is 0 Å². The third kappa shape index (κ3) is 3.65. The Morgan fingerprint density at radius 3 is 2.48 bits per heavy atom. The lowest BCUT2D eigenvalue weighted by Gasteiger charge is -2.19. The predicted molar refractivity (Wildman–Crippen MR) is 92.6 cm³/mol. The van der Waals surface area contributed by atoms with Gasteiger partial charge in [-0.2, -0.15) is 0 Å². The minimum absolute atomic E-state index is 0.216. The first-order valence-corrected chi connectivity index (χ1v) is 8.18. The van der Waals surface area contributed by atoms with Gasteiger partial charge in [-0.1, -0.05) is 17.7 Å². The third-order valence-corrected chi connectivity index (χ3v) is 4.09. The molecule has 1 heterocycles. The van der Waals surface area contributed by atoms with Gasteiger partial charge in [-0.3, -0.25) is 4.79 Å². The van der Waals surface area contributed by atoms with Crippen LogP contribution in [0.5, 0.6) is 11.5 Å². The van der Waals surface area contributed by atoms with Crippen molar-refractivity contribution in [1.29, 1.82) is 0 Å². The highest BCUT2D eigenvalue weighted by molar-refractivity contribution is 6.02. The molecular formula is C20H20O5. The highest BCUT2D eigenvalue weighted by Gasteiger charge is 2.23. The summed E-state index contributed by atoms with van der Waals surface area (Å²) in [6.45, 7) is 6.29. The Labute approximate surface area is 146 Å². The van der Waals surface area contributed by atoms with Crippen molar-refractivity contribution in [2.45, 2.75) is 26.9 Å². The number of esters is 1. The Morgan fingerprint density at radius 1 is 1.00 bits per heavy atom. The third-order valence-electron chi connectivity index (χ3n) is 4.09. The second-order valence-corrected chi connectivity index (χ2v) is 6.09. The summed E-state index contributed by atoms with van der Waals surface area (Å²) >= 11 is 0. The van der Waals surface area contributed by atoms with Gasteiger partial charge in [0.2, 0.25) is 5.78 Å². The summed E-state index contributed by atoms with van der Waals surface area (Å²) < 4.78 is 16.2. The molecule has 3 rings (SSSR count). The lowest BCUT2D eigenvalue weighted by Crippen LogP contribution is -2.25. The molecule has 0 bridgehead atoms. The van der Waals surface area contributed by atoms with Gasteiger partial charge in [-0.15, -0.1) is 0 Å². The van der Waals surface area contributed by atoms with E-state index in [4.69, 9.17) is 14.2 Å². The van der Waals surface area contributed by atoms with Gasteiger partial charge in [0.1, 0.15) is 13.2 Å². The van der Waals surface area contributed by atoms with Crippen LogP contribution in [0.25, 0.3) is 0 Å². The van der Waals surface area contributed by atoms with Crippen LogP contribution in [0, 0.1) is 13.8 Å². The average molecular weight is 340 g/mol. The monoisotopic (exact) mass is 340 g/mol. The van der Waals surface area contributed by atoms with Gasteiger partial charge in [0.05, 0.1) is 5.56 Å². The Bertz CT molecular complexity index is 825. The van der Waals surface area contributed by atoms with Crippen LogP contribution in [0.1, 0.15) is 38.8 Å². The van der Waals surface area contributed by atoms with E-state index < -0.39 is 12.1 Å². The fraction of sp³-hybridized carbons (Fsp3) is 0.300. The topological polar surface area (TPSA) is 61.8 Å². The highest BCUT2D eigenvalue weighted by atomic mass is 16.6. The van der Waals surface area contributed by atoms with Crippen molar-refractivity contribution in [2.24, 2.45) is 0 Å². The number of carbonyl (C=O) groups excluding carboxylic acids is 2. The number of aryl methyl sites for hydroxylation is 2. The molecular weight excluding hydrogens is 320 g/mol. The minimum Gasteiger partial charge on any atom is -0.486 e. The molecule has 0 saturated heterocycles. The molecule has 0 fully saturated rings. The van der Waals surface area contributed by atoms with Gasteiger partial charge in [-0.25, -0.2) is 4.79 Å². The summed E-state index contributed by atoms with van der Waals surface area (Å²) in [5.41, 5.74) is 2.74. The van der Waals surface area contributed by atoms with Gasteiger partial charge >= 0.3 is 5.97 Å². The summed E-state index contributed by atoms with van der Waals surface area (Å²) in [7, 11) is 0. The van der Waals surface area contributed by atoms with Crippen molar-refractivity contribution in [2.75, 3.05) is 13.2 Å². The lowest BCUT2D eigenvalue weighted by atomic mass is 9.99. The fourth-order valence-electron chi connectivity index (χ4n) is 2.67. The summed E-state index contributed by atoms with van der Waals surface area (Å²) in [4.78, 5) is 25.0. The maximum atomic E-state index is 12.6. The van der Waals surface area contributed by atoms with Crippen LogP contribution in [0.4, 0.5) is 0 Å². The number of rotatable bonds is 4. The quantitative estimate of drug-likeness (QED) is 0.630. The van der Waals surface area contributed by atoms with Gasteiger partial charge in [0.15, 0.2) is 17.6 Å². The molecule has 0 amide bonds. The molecule has 0 saturated carbocycles. The van der Waals surface area contributed by atoms with Crippen LogP contribution in [0.15, 0.2) is 36.4 Å². The molecule has 1 aliphatic heterocycles. The largest absolute Gasteiger partial charge is 0.486 e. The van der Waals surface area contributed by atoms with E-state index in [1.807, 2.05) is 32.0 Å².